The molecular formula is C36H45BrN4O7. The van der Waals surface area contributed by atoms with Crippen molar-refractivity contribution in [2.45, 2.75) is 77.8 Å². The summed E-state index contributed by atoms with van der Waals surface area (Å²) in [5, 5.41) is 16.9. The third kappa shape index (κ3) is 8.46. The number of esters is 1. The zero-order valence-corrected chi connectivity index (χ0v) is 30.0. The number of hydrogen-bond acceptors (Lipinski definition) is 7. The quantitative estimate of drug-likeness (QED) is 0.220. The second kappa shape index (κ2) is 15.8. The van der Waals surface area contributed by atoms with Gasteiger partial charge in [0.15, 0.2) is 6.10 Å². The summed E-state index contributed by atoms with van der Waals surface area (Å²) in [7, 11) is 2.88. The molecule has 0 saturated heterocycles. The van der Waals surface area contributed by atoms with Gasteiger partial charge in [0.2, 0.25) is 17.7 Å². The van der Waals surface area contributed by atoms with Gasteiger partial charge in [-0.1, -0.05) is 49.8 Å². The number of carbonyl (C=O) groups excluding carboxylic acids is 4. The number of allylic oxidation sites excluding steroid dienone is 1. The fourth-order valence-corrected chi connectivity index (χ4v) is 6.44. The average molecular weight is 726 g/mol. The number of rotatable bonds is 4. The summed E-state index contributed by atoms with van der Waals surface area (Å²) < 4.78 is 11.9. The van der Waals surface area contributed by atoms with Crippen LogP contribution in [0.2, 0.25) is 0 Å². The zero-order valence-electron chi connectivity index (χ0n) is 28.4. The van der Waals surface area contributed by atoms with Crippen molar-refractivity contribution >= 4 is 50.5 Å². The molecule has 3 aromatic rings. The number of nitrogens with one attached hydrogen (secondary N) is 3. The van der Waals surface area contributed by atoms with Crippen LogP contribution in [0.5, 0.6) is 5.75 Å². The largest absolute Gasteiger partial charge is 0.507 e. The highest BCUT2D eigenvalue weighted by Crippen LogP contribution is 2.31. The van der Waals surface area contributed by atoms with Gasteiger partial charge < -0.3 is 35.1 Å². The van der Waals surface area contributed by atoms with Gasteiger partial charge in [-0.3, -0.25) is 14.4 Å². The van der Waals surface area contributed by atoms with E-state index in [1.165, 1.54) is 25.1 Å². The highest BCUT2D eigenvalue weighted by atomic mass is 79.9. The lowest BCUT2D eigenvalue weighted by Gasteiger charge is -2.33. The topological polar surface area (TPSA) is 150 Å². The van der Waals surface area contributed by atoms with Crippen LogP contribution >= 0.6 is 15.9 Å². The van der Waals surface area contributed by atoms with Gasteiger partial charge in [0, 0.05) is 49.5 Å². The van der Waals surface area contributed by atoms with Crippen LogP contribution in [0.25, 0.3) is 10.9 Å². The number of likely N-dealkylation sites (N-methyl/N-ethyl adjacent to an activating group) is 1. The number of cyclic esters (lactones) is 1. The van der Waals surface area contributed by atoms with Crippen molar-refractivity contribution in [3.8, 4) is 5.75 Å². The third-order valence-corrected chi connectivity index (χ3v) is 9.65. The molecule has 0 saturated carbocycles. The summed E-state index contributed by atoms with van der Waals surface area (Å²) in [5.41, 5.74) is 3.07. The Hall–Kier alpha value is -4.16. The van der Waals surface area contributed by atoms with E-state index in [2.05, 4.69) is 31.5 Å². The lowest BCUT2D eigenvalue weighted by molar-refractivity contribution is -0.164. The van der Waals surface area contributed by atoms with Gasteiger partial charge in [-0.15, -0.1) is 0 Å². The van der Waals surface area contributed by atoms with Gasteiger partial charge >= 0.3 is 5.97 Å². The number of para-hydroxylation sites is 1. The van der Waals surface area contributed by atoms with Crippen molar-refractivity contribution in [3.05, 3.63) is 75.9 Å². The highest BCUT2D eigenvalue weighted by Gasteiger charge is 2.38. The second-order valence-electron chi connectivity index (χ2n) is 12.7. The van der Waals surface area contributed by atoms with Crippen LogP contribution in [0.3, 0.4) is 0 Å². The van der Waals surface area contributed by atoms with Crippen LogP contribution in [-0.4, -0.2) is 77.1 Å². The Kier molecular flexibility index (Phi) is 12.1. The van der Waals surface area contributed by atoms with Crippen molar-refractivity contribution in [1.29, 1.82) is 0 Å². The molecule has 2 aromatic carbocycles. The van der Waals surface area contributed by atoms with Crippen LogP contribution in [0.1, 0.15) is 58.2 Å². The van der Waals surface area contributed by atoms with E-state index in [0.717, 1.165) is 22.0 Å². The first-order valence-corrected chi connectivity index (χ1v) is 16.8. The molecule has 1 aliphatic heterocycles. The number of ether oxygens (including phenoxy) is 2. The summed E-state index contributed by atoms with van der Waals surface area (Å²) in [4.78, 5) is 59.8. The number of halogens is 1. The fourth-order valence-electron chi connectivity index (χ4n) is 6.04. The average Bonchev–Trinajstić information content (AvgIpc) is 3.46. The number of aromatic nitrogens is 1. The zero-order chi connectivity index (χ0) is 35.3. The van der Waals surface area contributed by atoms with Crippen LogP contribution in [-0.2, 0) is 35.1 Å². The van der Waals surface area contributed by atoms with E-state index in [0.29, 0.717) is 16.5 Å². The number of benzene rings is 2. The molecular weight excluding hydrogens is 680 g/mol. The molecule has 258 valence electrons. The summed E-state index contributed by atoms with van der Waals surface area (Å²) in [5.74, 6) is -2.67. The maximum absolute atomic E-state index is 14.4. The number of H-pyrrole nitrogens is 1. The first kappa shape index (κ1) is 36.7. The number of phenolic OH excluding ortho intramolecular Hbond substituents is 1. The van der Waals surface area contributed by atoms with E-state index in [4.69, 9.17) is 9.47 Å². The molecule has 0 bridgehead atoms. The molecule has 2 heterocycles. The Labute approximate surface area is 289 Å². The number of carbonyl (C=O) groups is 4. The number of amides is 3. The number of hydrogen-bond donors (Lipinski definition) is 4. The van der Waals surface area contributed by atoms with E-state index in [1.807, 2.05) is 44.2 Å². The molecule has 1 aliphatic rings. The number of aromatic amines is 1. The van der Waals surface area contributed by atoms with E-state index in [1.54, 1.807) is 39.1 Å². The maximum Gasteiger partial charge on any atom is 0.338 e. The van der Waals surface area contributed by atoms with Crippen LogP contribution in [0, 0.1) is 11.8 Å². The molecule has 3 amide bonds. The molecule has 4 rings (SSSR count). The molecule has 1 aromatic heterocycles. The van der Waals surface area contributed by atoms with E-state index < -0.39 is 54.0 Å². The first-order valence-electron chi connectivity index (χ1n) is 16.0. The molecule has 48 heavy (non-hydrogen) atoms. The fraction of sp³-hybridized carbons (Fsp3) is 0.444. The number of methoxy groups -OCH3 is 1. The van der Waals surface area contributed by atoms with Gasteiger partial charge in [-0.05, 0) is 72.4 Å². The Balaban J connectivity index is 1.82. The minimum Gasteiger partial charge on any atom is -0.507 e. The Bertz CT molecular complexity index is 1690. The lowest BCUT2D eigenvalue weighted by Crippen LogP contribution is -2.56. The predicted molar refractivity (Wildman–Crippen MR) is 186 cm³/mol. The highest BCUT2D eigenvalue weighted by molar-refractivity contribution is 9.10. The molecule has 4 N–H and O–H groups in total. The van der Waals surface area contributed by atoms with Crippen molar-refractivity contribution in [2.24, 2.45) is 11.8 Å². The van der Waals surface area contributed by atoms with Crippen molar-refractivity contribution in [2.75, 3.05) is 14.2 Å². The third-order valence-electron chi connectivity index (χ3n) is 9.02. The van der Waals surface area contributed by atoms with E-state index in [9.17, 15) is 24.3 Å². The summed E-state index contributed by atoms with van der Waals surface area (Å²) >= 11 is 3.33. The van der Waals surface area contributed by atoms with Gasteiger partial charge in [0.05, 0.1) is 10.5 Å². The summed E-state index contributed by atoms with van der Waals surface area (Å²) in [6.45, 7) is 8.99. The second-order valence-corrected chi connectivity index (χ2v) is 13.6. The normalized spacial score (nSPS) is 28.1. The Morgan fingerprint density at radius 2 is 1.73 bits per heavy atom. The van der Waals surface area contributed by atoms with Gasteiger partial charge in [-0.2, -0.15) is 0 Å². The number of nitrogens with zero attached hydrogens (tertiary/aromatic N) is 1. The molecule has 0 spiro atoms. The number of fused-ring (bicyclic) bond motifs is 1. The van der Waals surface area contributed by atoms with E-state index in [-0.39, 0.29) is 24.0 Å². The summed E-state index contributed by atoms with van der Waals surface area (Å²) in [6, 6.07) is 9.20. The standard InChI is InChI=1S/C36H45BrN4O7/c1-19-14-20(2)23(5)48-36(46)32(47-7)31(24-12-13-30(42)27(37)16-24)40-34(44)29(17-25-18-38-28-11-9-8-10-26(25)28)41(6)35(45)22(4)39-33(43)21(3)15-19/h8-14,16,18,20-23,29,31-32,38,42H,15,17H2,1-7H3,(H,39,43)(H,40,44)/b19-14-/t20-,21-,22-,23+,29+,31-,32-/m0/s1. The Morgan fingerprint density at radius 3 is 2.42 bits per heavy atom. The minimum atomic E-state index is -1.28. The molecule has 0 unspecified atom stereocenters. The summed E-state index contributed by atoms with van der Waals surface area (Å²) in [6.07, 6.45) is 2.49. The predicted octanol–water partition coefficient (Wildman–Crippen LogP) is 4.94. The molecule has 7 atom stereocenters. The molecule has 12 heteroatoms. The van der Waals surface area contributed by atoms with E-state index >= 15 is 0 Å². The van der Waals surface area contributed by atoms with Crippen LogP contribution < -0.4 is 10.6 Å². The van der Waals surface area contributed by atoms with Crippen molar-refractivity contribution < 1.29 is 33.8 Å². The molecule has 0 radical (unpaired) electrons. The molecule has 0 fully saturated rings. The monoisotopic (exact) mass is 724 g/mol. The maximum atomic E-state index is 14.4. The van der Waals surface area contributed by atoms with Crippen molar-refractivity contribution in [3.63, 3.8) is 0 Å². The van der Waals surface area contributed by atoms with Crippen molar-refractivity contribution in [1.82, 2.24) is 20.5 Å². The SMILES string of the molecule is CO[C@@H]1C(=O)O[C@H](C)[C@@H](C)/C=C(/C)C[C@H](C)C(=O)N[C@@H](C)C(=O)N(C)[C@H](Cc2c[nH]c3ccccc23)C(=O)N[C@H]1c1ccc(O)c(Br)c1. The minimum absolute atomic E-state index is 0.0284. The lowest BCUT2D eigenvalue weighted by atomic mass is 9.95. The first-order chi connectivity index (χ1) is 22.7. The van der Waals surface area contributed by atoms with Crippen LogP contribution in [0.4, 0.5) is 0 Å². The smallest absolute Gasteiger partial charge is 0.338 e. The number of phenols is 1. The van der Waals surface area contributed by atoms with Gasteiger partial charge in [0.25, 0.3) is 0 Å². The van der Waals surface area contributed by atoms with Gasteiger partial charge in [0.1, 0.15) is 23.9 Å². The molecule has 0 aliphatic carbocycles. The van der Waals surface area contributed by atoms with Crippen LogP contribution in [0.15, 0.2) is 64.8 Å². The number of aromatic hydroxyl groups is 1. The Morgan fingerprint density at radius 1 is 1.02 bits per heavy atom. The molecule has 11 nitrogen and oxygen atoms in total. The van der Waals surface area contributed by atoms with Gasteiger partial charge in [-0.25, -0.2) is 4.79 Å².